The van der Waals surface area contributed by atoms with Crippen molar-refractivity contribution in [3.63, 3.8) is 0 Å². The molecule has 0 saturated heterocycles. The Balaban J connectivity index is 2.98. The van der Waals surface area contributed by atoms with Crippen LogP contribution < -0.4 is 0 Å². The molecule has 0 aliphatic heterocycles. The largest absolute Gasteiger partial charge is 0.235 e. The van der Waals surface area contributed by atoms with Gasteiger partial charge in [-0.15, -0.1) is 0 Å². The second kappa shape index (κ2) is 3.69. The Morgan fingerprint density at radius 2 is 1.93 bits per heavy atom. The van der Waals surface area contributed by atoms with E-state index in [9.17, 15) is 0 Å². The fourth-order valence-electron chi connectivity index (χ4n) is 1.51. The molecule has 15 heavy (non-hydrogen) atoms. The number of halogens is 2. The van der Waals surface area contributed by atoms with Crippen LogP contribution in [0, 0.1) is 18.3 Å². The fourth-order valence-corrected chi connectivity index (χ4v) is 2.01. The minimum Gasteiger partial charge on any atom is -0.235 e. The number of rotatable bonds is 0. The van der Waals surface area contributed by atoms with Crippen molar-refractivity contribution >= 4 is 34.1 Å². The van der Waals surface area contributed by atoms with Gasteiger partial charge in [-0.3, -0.25) is 0 Å². The fraction of sp³-hybridized carbons (Fsp3) is 0.0909. The zero-order valence-corrected chi connectivity index (χ0v) is 9.39. The summed E-state index contributed by atoms with van der Waals surface area (Å²) in [6.07, 6.45) is 0. The van der Waals surface area contributed by atoms with E-state index < -0.39 is 0 Å². The first kappa shape index (κ1) is 10.2. The van der Waals surface area contributed by atoms with Crippen molar-refractivity contribution in [2.45, 2.75) is 6.92 Å². The molecular formula is C11H6Cl2N2. The first-order chi connectivity index (χ1) is 7.13. The van der Waals surface area contributed by atoms with E-state index in [-0.39, 0.29) is 0 Å². The quantitative estimate of drug-likeness (QED) is 0.700. The van der Waals surface area contributed by atoms with E-state index >= 15 is 0 Å². The Kier molecular flexibility index (Phi) is 2.52. The molecule has 1 aromatic carbocycles. The van der Waals surface area contributed by atoms with E-state index in [1.165, 1.54) is 0 Å². The van der Waals surface area contributed by atoms with Crippen LogP contribution >= 0.6 is 23.2 Å². The average Bonchev–Trinajstić information content (AvgIpc) is 2.23. The van der Waals surface area contributed by atoms with Crippen LogP contribution in [0.4, 0.5) is 0 Å². The van der Waals surface area contributed by atoms with Crippen molar-refractivity contribution in [2.75, 3.05) is 0 Å². The van der Waals surface area contributed by atoms with Crippen molar-refractivity contribution in [2.24, 2.45) is 0 Å². The van der Waals surface area contributed by atoms with Crippen LogP contribution in [-0.2, 0) is 0 Å². The first-order valence-corrected chi connectivity index (χ1v) is 5.04. The smallest absolute Gasteiger partial charge is 0.141 e. The van der Waals surface area contributed by atoms with Crippen LogP contribution in [-0.4, -0.2) is 4.98 Å². The minimum atomic E-state index is 0.351. The number of aromatic nitrogens is 1. The molecule has 0 aliphatic rings. The highest BCUT2D eigenvalue weighted by molar-refractivity contribution is 6.40. The summed E-state index contributed by atoms with van der Waals surface area (Å²) in [7, 11) is 0. The van der Waals surface area contributed by atoms with Crippen molar-refractivity contribution in [1.29, 1.82) is 5.26 Å². The van der Waals surface area contributed by atoms with Gasteiger partial charge in [-0.25, -0.2) is 4.98 Å². The summed E-state index contributed by atoms with van der Waals surface area (Å²) in [5.41, 5.74) is 1.84. The van der Waals surface area contributed by atoms with E-state index in [1.54, 1.807) is 18.2 Å². The molecular weight excluding hydrogens is 231 g/mol. The van der Waals surface area contributed by atoms with Gasteiger partial charge in [0.05, 0.1) is 15.6 Å². The standard InChI is InChI=1S/C11H6Cl2N2/c1-6-4-7(5-14)15-11-9(13)3-2-8(12)10(6)11/h2-4H,1H3. The molecule has 0 radical (unpaired) electrons. The van der Waals surface area contributed by atoms with Gasteiger partial charge in [0.25, 0.3) is 0 Å². The van der Waals surface area contributed by atoms with Gasteiger partial charge < -0.3 is 0 Å². The molecule has 0 spiro atoms. The van der Waals surface area contributed by atoms with Gasteiger partial charge in [-0.1, -0.05) is 23.2 Å². The van der Waals surface area contributed by atoms with Gasteiger partial charge >= 0.3 is 0 Å². The molecule has 1 heterocycles. The van der Waals surface area contributed by atoms with E-state index in [0.717, 1.165) is 10.9 Å². The third-order valence-corrected chi connectivity index (χ3v) is 2.79. The molecule has 2 rings (SSSR count). The minimum absolute atomic E-state index is 0.351. The van der Waals surface area contributed by atoms with Gasteiger partial charge in [0, 0.05) is 5.39 Å². The van der Waals surface area contributed by atoms with Crippen molar-refractivity contribution in [3.05, 3.63) is 39.5 Å². The number of nitrogens with zero attached hydrogens (tertiary/aromatic N) is 2. The highest BCUT2D eigenvalue weighted by Gasteiger charge is 2.09. The normalized spacial score (nSPS) is 10.3. The lowest BCUT2D eigenvalue weighted by Gasteiger charge is -2.05. The zero-order valence-electron chi connectivity index (χ0n) is 7.88. The Bertz CT molecular complexity index is 585. The summed E-state index contributed by atoms with van der Waals surface area (Å²) in [6, 6.07) is 7.10. The van der Waals surface area contributed by atoms with E-state index in [2.05, 4.69) is 4.98 Å². The third kappa shape index (κ3) is 1.65. The Labute approximate surface area is 97.1 Å². The second-order valence-electron chi connectivity index (χ2n) is 3.19. The summed E-state index contributed by atoms with van der Waals surface area (Å²) in [6.45, 7) is 1.88. The van der Waals surface area contributed by atoms with Gasteiger partial charge in [0.2, 0.25) is 0 Å². The van der Waals surface area contributed by atoms with Gasteiger partial charge in [0.1, 0.15) is 11.8 Å². The summed E-state index contributed by atoms with van der Waals surface area (Å²) >= 11 is 12.0. The summed E-state index contributed by atoms with van der Waals surface area (Å²) in [4.78, 5) is 4.14. The Hall–Kier alpha value is -1.30. The number of fused-ring (bicyclic) bond motifs is 1. The molecule has 1 aromatic heterocycles. The maximum atomic E-state index is 8.79. The number of hydrogen-bond donors (Lipinski definition) is 0. The number of pyridine rings is 1. The molecule has 0 aliphatic carbocycles. The monoisotopic (exact) mass is 236 g/mol. The molecule has 0 atom stereocenters. The lowest BCUT2D eigenvalue weighted by molar-refractivity contribution is 1.30. The Morgan fingerprint density at radius 3 is 2.60 bits per heavy atom. The molecule has 0 amide bonds. The molecule has 74 valence electrons. The van der Waals surface area contributed by atoms with Crippen LogP contribution in [0.1, 0.15) is 11.3 Å². The molecule has 0 unspecified atom stereocenters. The third-order valence-electron chi connectivity index (χ3n) is 2.17. The first-order valence-electron chi connectivity index (χ1n) is 4.29. The molecule has 2 aromatic rings. The summed E-state index contributed by atoms with van der Waals surface area (Å²) < 4.78 is 0. The predicted octanol–water partition coefficient (Wildman–Crippen LogP) is 3.72. The van der Waals surface area contributed by atoms with Crippen LogP contribution in [0.5, 0.6) is 0 Å². The lowest BCUT2D eigenvalue weighted by Crippen LogP contribution is -1.89. The molecule has 0 saturated carbocycles. The number of benzene rings is 1. The SMILES string of the molecule is Cc1cc(C#N)nc2c(Cl)ccc(Cl)c12. The van der Waals surface area contributed by atoms with Crippen molar-refractivity contribution in [1.82, 2.24) is 4.98 Å². The number of nitriles is 1. The van der Waals surface area contributed by atoms with Crippen LogP contribution in [0.15, 0.2) is 18.2 Å². The molecule has 0 fully saturated rings. The molecule has 2 nitrogen and oxygen atoms in total. The zero-order chi connectivity index (χ0) is 11.0. The van der Waals surface area contributed by atoms with Crippen LogP contribution in [0.3, 0.4) is 0 Å². The summed E-state index contributed by atoms with van der Waals surface area (Å²) in [5, 5.41) is 10.7. The Morgan fingerprint density at radius 1 is 1.27 bits per heavy atom. The molecule has 0 N–H and O–H groups in total. The second-order valence-corrected chi connectivity index (χ2v) is 4.00. The van der Waals surface area contributed by atoms with Gasteiger partial charge in [-0.2, -0.15) is 5.26 Å². The van der Waals surface area contributed by atoms with E-state index in [1.807, 2.05) is 13.0 Å². The van der Waals surface area contributed by atoms with Crippen molar-refractivity contribution in [3.8, 4) is 6.07 Å². The maximum absolute atomic E-state index is 8.79. The van der Waals surface area contributed by atoms with Gasteiger partial charge in [-0.05, 0) is 30.7 Å². The molecule has 0 bridgehead atoms. The topological polar surface area (TPSA) is 36.7 Å². The number of aryl methyl sites for hydroxylation is 1. The highest BCUT2D eigenvalue weighted by Crippen LogP contribution is 2.30. The molecule has 4 heteroatoms. The lowest BCUT2D eigenvalue weighted by atomic mass is 10.1. The van der Waals surface area contributed by atoms with Crippen LogP contribution in [0.25, 0.3) is 10.9 Å². The maximum Gasteiger partial charge on any atom is 0.141 e. The van der Waals surface area contributed by atoms with E-state index in [0.29, 0.717) is 21.3 Å². The summed E-state index contributed by atoms with van der Waals surface area (Å²) in [5.74, 6) is 0. The predicted molar refractivity (Wildman–Crippen MR) is 61.2 cm³/mol. The van der Waals surface area contributed by atoms with Gasteiger partial charge in [0.15, 0.2) is 0 Å². The van der Waals surface area contributed by atoms with Crippen molar-refractivity contribution < 1.29 is 0 Å². The number of hydrogen-bond acceptors (Lipinski definition) is 2. The highest BCUT2D eigenvalue weighted by atomic mass is 35.5. The average molecular weight is 237 g/mol. The van der Waals surface area contributed by atoms with Crippen LogP contribution in [0.2, 0.25) is 10.0 Å². The van der Waals surface area contributed by atoms with E-state index in [4.69, 9.17) is 28.5 Å².